The molecule has 14 rings (SSSR count). The summed E-state index contributed by atoms with van der Waals surface area (Å²) in [7, 11) is 0. The van der Waals surface area contributed by atoms with Gasteiger partial charge in [-0.25, -0.2) is 0 Å². The van der Waals surface area contributed by atoms with Crippen molar-refractivity contribution in [1.82, 2.24) is 0 Å². The van der Waals surface area contributed by atoms with Crippen molar-refractivity contribution < 1.29 is 0 Å². The lowest BCUT2D eigenvalue weighted by molar-refractivity contribution is 1.28. The van der Waals surface area contributed by atoms with Crippen molar-refractivity contribution in [3.05, 3.63) is 315 Å². The van der Waals surface area contributed by atoms with Crippen molar-refractivity contribution in [2.45, 2.75) is 6.92 Å². The molecule has 0 unspecified atom stereocenters. The number of nitrogens with zero attached hydrogens (tertiary/aromatic N) is 2. The normalized spacial score (nSPS) is 11.4. The molecule has 0 aliphatic heterocycles. The molecule has 0 bridgehead atoms. The van der Waals surface area contributed by atoms with E-state index in [1.165, 1.54) is 82.4 Å². The van der Waals surface area contributed by atoms with Gasteiger partial charge in [0.2, 0.25) is 0 Å². The third-order valence-corrected chi connectivity index (χ3v) is 15.7. The topological polar surface area (TPSA) is 6.48 Å². The van der Waals surface area contributed by atoms with E-state index in [1.54, 1.807) is 0 Å². The Morgan fingerprint density at radius 2 is 0.544 bits per heavy atom. The molecule has 0 saturated carbocycles. The van der Waals surface area contributed by atoms with Crippen LogP contribution in [0.3, 0.4) is 0 Å². The molecular formula is C77H54N2. The average Bonchev–Trinajstić information content (AvgIpc) is 3.65. The molecule has 0 saturated heterocycles. The summed E-state index contributed by atoms with van der Waals surface area (Å²) in [6.45, 7) is 2.14. The van der Waals surface area contributed by atoms with Gasteiger partial charge < -0.3 is 9.80 Å². The number of para-hydroxylation sites is 2. The quantitative estimate of drug-likeness (QED) is 0.113. The highest BCUT2D eigenvalue weighted by Crippen LogP contribution is 2.49. The van der Waals surface area contributed by atoms with Gasteiger partial charge in [0.25, 0.3) is 0 Å². The van der Waals surface area contributed by atoms with Crippen LogP contribution < -0.4 is 9.80 Å². The van der Waals surface area contributed by atoms with Gasteiger partial charge in [0.15, 0.2) is 0 Å². The van der Waals surface area contributed by atoms with Crippen LogP contribution in [0.15, 0.2) is 309 Å². The van der Waals surface area contributed by atoms with Crippen molar-refractivity contribution in [2.24, 2.45) is 0 Å². The zero-order valence-corrected chi connectivity index (χ0v) is 43.8. The van der Waals surface area contributed by atoms with Gasteiger partial charge in [0.1, 0.15) is 0 Å². The molecule has 14 aromatic carbocycles. The number of benzene rings is 14. The summed E-state index contributed by atoms with van der Waals surface area (Å²) in [6, 6.07) is 113. The van der Waals surface area contributed by atoms with Crippen LogP contribution in [0.25, 0.3) is 99.1 Å². The van der Waals surface area contributed by atoms with E-state index in [1.807, 2.05) is 0 Å². The fourth-order valence-corrected chi connectivity index (χ4v) is 11.9. The van der Waals surface area contributed by atoms with E-state index in [2.05, 4.69) is 326 Å². The lowest BCUT2D eigenvalue weighted by atomic mass is 9.87. The molecule has 0 N–H and O–H groups in total. The van der Waals surface area contributed by atoms with E-state index in [4.69, 9.17) is 0 Å². The molecule has 2 nitrogen and oxygen atoms in total. The number of anilines is 6. The van der Waals surface area contributed by atoms with E-state index < -0.39 is 0 Å². The van der Waals surface area contributed by atoms with Crippen LogP contribution in [0.1, 0.15) is 5.56 Å². The predicted molar refractivity (Wildman–Crippen MR) is 337 cm³/mol. The summed E-state index contributed by atoms with van der Waals surface area (Å²) < 4.78 is 0. The van der Waals surface area contributed by atoms with Crippen molar-refractivity contribution >= 4 is 66.4 Å². The van der Waals surface area contributed by atoms with Crippen LogP contribution >= 0.6 is 0 Å². The lowest BCUT2D eigenvalue weighted by Gasteiger charge is -2.30. The van der Waals surface area contributed by atoms with Crippen LogP contribution in [0.5, 0.6) is 0 Å². The Morgan fingerprint density at radius 1 is 0.215 bits per heavy atom. The van der Waals surface area contributed by atoms with E-state index in [9.17, 15) is 0 Å². The molecule has 0 aromatic heterocycles. The summed E-state index contributed by atoms with van der Waals surface area (Å²) in [5.41, 5.74) is 22.1. The molecule has 0 heterocycles. The van der Waals surface area contributed by atoms with Crippen LogP contribution in [0.4, 0.5) is 34.1 Å². The van der Waals surface area contributed by atoms with Crippen molar-refractivity contribution in [3.8, 4) is 66.8 Å². The summed E-state index contributed by atoms with van der Waals surface area (Å²) in [4.78, 5) is 4.83. The molecule has 0 aliphatic carbocycles. The molecule has 372 valence electrons. The third kappa shape index (κ3) is 8.76. The molecule has 2 heteroatoms. The van der Waals surface area contributed by atoms with Crippen molar-refractivity contribution in [3.63, 3.8) is 0 Å². The Hall–Kier alpha value is -10.3. The number of hydrogen-bond acceptors (Lipinski definition) is 2. The minimum Gasteiger partial charge on any atom is -0.310 e. The first-order valence-electron chi connectivity index (χ1n) is 27.2. The molecular weight excluding hydrogens is 953 g/mol. The summed E-state index contributed by atoms with van der Waals surface area (Å²) in [6.07, 6.45) is 0. The molecule has 0 atom stereocenters. The summed E-state index contributed by atoms with van der Waals surface area (Å²) in [5, 5.41) is 7.57. The van der Waals surface area contributed by atoms with Gasteiger partial charge in [0, 0.05) is 39.4 Å². The Morgan fingerprint density at radius 3 is 1.01 bits per heavy atom. The zero-order valence-electron chi connectivity index (χ0n) is 43.8. The summed E-state index contributed by atoms with van der Waals surface area (Å²) in [5.74, 6) is 0. The average molecular weight is 1010 g/mol. The van der Waals surface area contributed by atoms with Gasteiger partial charge >= 0.3 is 0 Å². The highest BCUT2D eigenvalue weighted by Gasteiger charge is 2.24. The Labute approximate surface area is 462 Å². The molecule has 79 heavy (non-hydrogen) atoms. The van der Waals surface area contributed by atoms with Gasteiger partial charge in [-0.05, 0) is 144 Å². The second kappa shape index (κ2) is 20.3. The fraction of sp³-hybridized carbons (Fsp3) is 0.0130. The van der Waals surface area contributed by atoms with Crippen molar-refractivity contribution in [1.29, 1.82) is 0 Å². The second-order valence-corrected chi connectivity index (χ2v) is 20.5. The molecule has 0 fully saturated rings. The molecule has 14 aromatic rings. The first-order chi connectivity index (χ1) is 39.1. The van der Waals surface area contributed by atoms with Gasteiger partial charge in [-0.1, -0.05) is 260 Å². The molecule has 0 spiro atoms. The standard InChI is InChI=1S/C77H54N2/c1-53-29-41-63(42-30-53)78(74-28-15-14-25-69(74)56-19-8-3-9-20-56)64-45-33-59(34-46-64)67-49-37-61-40-52-73-68(50-38-62-39-51-72(67)75(61)76(62)73)60-35-47-66(48-36-60)79(65-43-31-55(32-44-65)54-17-6-2-7-18-54)77-70(57-21-10-4-11-22-57)26-16-27-71(77)58-23-12-5-13-24-58/h2-52H,1H3. The largest absolute Gasteiger partial charge is 0.310 e. The molecule has 0 radical (unpaired) electrons. The van der Waals surface area contributed by atoms with Gasteiger partial charge in [-0.15, -0.1) is 0 Å². The van der Waals surface area contributed by atoms with Crippen LogP contribution in [0.2, 0.25) is 0 Å². The zero-order chi connectivity index (χ0) is 52.7. The first-order valence-corrected chi connectivity index (χ1v) is 27.2. The van der Waals surface area contributed by atoms with Gasteiger partial charge in [-0.3, -0.25) is 0 Å². The third-order valence-electron chi connectivity index (χ3n) is 15.7. The Bertz CT molecular complexity index is 4360. The molecule has 0 amide bonds. The number of rotatable bonds is 12. The summed E-state index contributed by atoms with van der Waals surface area (Å²) >= 11 is 0. The van der Waals surface area contributed by atoms with Crippen molar-refractivity contribution in [2.75, 3.05) is 9.80 Å². The smallest absolute Gasteiger partial charge is 0.0618 e. The van der Waals surface area contributed by atoms with Gasteiger partial charge in [-0.2, -0.15) is 0 Å². The fourth-order valence-electron chi connectivity index (χ4n) is 11.9. The second-order valence-electron chi connectivity index (χ2n) is 20.5. The predicted octanol–water partition coefficient (Wildman–Crippen LogP) is 21.8. The van der Waals surface area contributed by atoms with Crippen LogP contribution in [-0.2, 0) is 0 Å². The number of aryl methyl sites for hydroxylation is 1. The Balaban J connectivity index is 0.865. The SMILES string of the molecule is Cc1ccc(N(c2ccc(-c3ccc4ccc5c(-c6ccc(N(c7ccc(-c8ccccc8)cc7)c7c(-c8ccccc8)cccc7-c7ccccc7)cc6)ccc6ccc3c4c65)cc2)c2ccccc2-c2ccccc2)cc1. The minimum atomic E-state index is 1.08. The number of hydrogen-bond donors (Lipinski definition) is 0. The highest BCUT2D eigenvalue weighted by molar-refractivity contribution is 6.27. The monoisotopic (exact) mass is 1010 g/mol. The van der Waals surface area contributed by atoms with Gasteiger partial charge in [0.05, 0.1) is 11.4 Å². The maximum absolute atomic E-state index is 2.45. The van der Waals surface area contributed by atoms with E-state index in [0.29, 0.717) is 0 Å². The van der Waals surface area contributed by atoms with E-state index in [-0.39, 0.29) is 0 Å². The first kappa shape index (κ1) is 47.2. The van der Waals surface area contributed by atoms with E-state index in [0.717, 1.165) is 56.4 Å². The maximum Gasteiger partial charge on any atom is 0.0618 e. The maximum atomic E-state index is 2.45. The highest BCUT2D eigenvalue weighted by atomic mass is 15.2. The van der Waals surface area contributed by atoms with Crippen LogP contribution in [0, 0.1) is 6.92 Å². The van der Waals surface area contributed by atoms with E-state index >= 15 is 0 Å². The Kier molecular flexibility index (Phi) is 12.2. The lowest BCUT2D eigenvalue weighted by Crippen LogP contribution is -2.12. The minimum absolute atomic E-state index is 1.08. The molecule has 0 aliphatic rings. The van der Waals surface area contributed by atoms with Crippen LogP contribution in [-0.4, -0.2) is 0 Å².